The smallest absolute Gasteiger partial charge is 0.0811 e. The molecule has 0 unspecified atom stereocenters. The van der Waals surface area contributed by atoms with Crippen LogP contribution in [0.1, 0.15) is 96.8 Å². The Bertz CT molecular complexity index is 165. The van der Waals surface area contributed by atoms with E-state index in [2.05, 4.69) is 12.1 Å². The Kier molecular flexibility index (Phi) is 21.8. The zero-order valence-corrected chi connectivity index (χ0v) is 12.9. The van der Waals surface area contributed by atoms with Gasteiger partial charge in [0.25, 0.3) is 0 Å². The van der Waals surface area contributed by atoms with Gasteiger partial charge in [0.05, 0.1) is 6.54 Å². The molecular weight excluding hydrogens is 241 g/mol. The van der Waals surface area contributed by atoms with Gasteiger partial charge in [0.15, 0.2) is 0 Å². The van der Waals surface area contributed by atoms with Crippen molar-refractivity contribution in [2.24, 2.45) is 5.18 Å². The van der Waals surface area contributed by atoms with Crippen molar-refractivity contribution in [2.75, 3.05) is 6.54 Å². The van der Waals surface area contributed by atoms with Crippen molar-refractivity contribution in [3.8, 4) is 0 Å². The van der Waals surface area contributed by atoms with Gasteiger partial charge in [0.1, 0.15) is 0 Å². The Morgan fingerprint density at radius 2 is 0.895 bits per heavy atom. The topological polar surface area (TPSA) is 29.4 Å². The number of nitroso groups, excluding NO2 is 1. The van der Waals surface area contributed by atoms with Crippen LogP contribution in [0, 0.1) is 4.91 Å². The minimum absolute atomic E-state index is 0. The number of hydrogen-bond acceptors (Lipinski definition) is 2. The number of rotatable bonds is 15. The second-order valence-corrected chi connectivity index (χ2v) is 5.45. The predicted molar refractivity (Wildman–Crippen MR) is 83.5 cm³/mol. The van der Waals surface area contributed by atoms with Gasteiger partial charge in [0.2, 0.25) is 0 Å². The van der Waals surface area contributed by atoms with Gasteiger partial charge in [-0.25, -0.2) is 0 Å². The summed E-state index contributed by atoms with van der Waals surface area (Å²) in [5, 5.41) is 2.88. The van der Waals surface area contributed by atoms with Crippen LogP contribution in [0.3, 0.4) is 0 Å². The lowest BCUT2D eigenvalue weighted by atomic mass is 10.0. The molecule has 0 aromatic carbocycles. The lowest BCUT2D eigenvalue weighted by Gasteiger charge is -2.02. The molecule has 0 aliphatic carbocycles. The molecule has 0 aliphatic heterocycles. The second kappa shape index (κ2) is 19.9. The van der Waals surface area contributed by atoms with Crippen LogP contribution in [0.5, 0.6) is 0 Å². The van der Waals surface area contributed by atoms with E-state index < -0.39 is 0 Å². The Balaban J connectivity index is 0. The molecule has 0 aromatic rings. The van der Waals surface area contributed by atoms with Crippen molar-refractivity contribution < 1.29 is 4.70 Å². The maximum atomic E-state index is 9.87. The average molecular weight is 275 g/mol. The van der Waals surface area contributed by atoms with Gasteiger partial charge in [-0.3, -0.25) is 4.70 Å². The Morgan fingerprint density at radius 3 is 1.21 bits per heavy atom. The number of halogens is 1. The van der Waals surface area contributed by atoms with Crippen molar-refractivity contribution >= 4 is 0 Å². The van der Waals surface area contributed by atoms with E-state index in [-0.39, 0.29) is 4.70 Å². The molecule has 2 nitrogen and oxygen atoms in total. The fourth-order valence-corrected chi connectivity index (χ4v) is 2.37. The minimum Gasteiger partial charge on any atom is -0.269 e. The highest BCUT2D eigenvalue weighted by Crippen LogP contribution is 2.12. The van der Waals surface area contributed by atoms with Crippen LogP contribution < -0.4 is 0 Å². The Labute approximate surface area is 119 Å². The van der Waals surface area contributed by atoms with E-state index in [0.717, 1.165) is 6.42 Å². The number of hydrogen-bond donors (Lipinski definition) is 0. The summed E-state index contributed by atoms with van der Waals surface area (Å²) in [4.78, 5) is 9.87. The monoisotopic (exact) mass is 275 g/mol. The summed E-state index contributed by atoms with van der Waals surface area (Å²) in [6.07, 6.45) is 19.0. The van der Waals surface area contributed by atoms with E-state index in [0.29, 0.717) is 6.54 Å². The van der Waals surface area contributed by atoms with Gasteiger partial charge >= 0.3 is 0 Å². The largest absolute Gasteiger partial charge is 0.269 e. The second-order valence-electron chi connectivity index (χ2n) is 5.45. The normalized spacial score (nSPS) is 10.2. The molecule has 0 aromatic heterocycles. The van der Waals surface area contributed by atoms with Gasteiger partial charge < -0.3 is 0 Å². The molecule has 19 heavy (non-hydrogen) atoms. The van der Waals surface area contributed by atoms with E-state index in [1.165, 1.54) is 83.5 Å². The van der Waals surface area contributed by atoms with Crippen molar-refractivity contribution in [3.05, 3.63) is 4.91 Å². The Morgan fingerprint density at radius 1 is 0.579 bits per heavy atom. The number of unbranched alkanes of at least 4 members (excludes halogenated alkanes) is 13. The first-order valence-corrected chi connectivity index (χ1v) is 8.21. The molecule has 0 amide bonds. The minimum atomic E-state index is 0. The summed E-state index contributed by atoms with van der Waals surface area (Å²) >= 11 is 0. The summed E-state index contributed by atoms with van der Waals surface area (Å²) < 4.78 is 0. The molecule has 116 valence electrons. The molecule has 0 aliphatic rings. The molecular formula is C16H34FNO. The lowest BCUT2D eigenvalue weighted by molar-refractivity contribution is 0.536. The van der Waals surface area contributed by atoms with E-state index >= 15 is 0 Å². The molecule has 0 bridgehead atoms. The lowest BCUT2D eigenvalue weighted by Crippen LogP contribution is -1.84. The first-order valence-electron chi connectivity index (χ1n) is 8.21. The van der Waals surface area contributed by atoms with Gasteiger partial charge in [-0.15, -0.1) is 0 Å². The molecule has 0 radical (unpaired) electrons. The van der Waals surface area contributed by atoms with Crippen LogP contribution in [-0.4, -0.2) is 6.54 Å². The summed E-state index contributed by atoms with van der Waals surface area (Å²) in [7, 11) is 0. The van der Waals surface area contributed by atoms with E-state index in [4.69, 9.17) is 0 Å². The van der Waals surface area contributed by atoms with Crippen LogP contribution in [0.2, 0.25) is 0 Å². The first-order chi connectivity index (χ1) is 8.91. The summed E-state index contributed by atoms with van der Waals surface area (Å²) in [5.74, 6) is 0. The molecule has 0 rings (SSSR count). The third-order valence-corrected chi connectivity index (χ3v) is 3.60. The van der Waals surface area contributed by atoms with Gasteiger partial charge in [0, 0.05) is 0 Å². The van der Waals surface area contributed by atoms with Crippen molar-refractivity contribution in [1.29, 1.82) is 0 Å². The molecule has 3 heteroatoms. The van der Waals surface area contributed by atoms with Crippen molar-refractivity contribution in [3.63, 3.8) is 0 Å². The standard InChI is InChI=1S/C16H33NO.FH/c1-2-3-4-5-6-7-8-9-10-11-12-13-14-15-16-17-18;/h2-16H2,1H3;1H. The van der Waals surface area contributed by atoms with Crippen LogP contribution in [-0.2, 0) is 0 Å². The van der Waals surface area contributed by atoms with Crippen molar-refractivity contribution in [1.82, 2.24) is 0 Å². The van der Waals surface area contributed by atoms with Crippen LogP contribution in [0.25, 0.3) is 0 Å². The summed E-state index contributed by atoms with van der Waals surface area (Å²) in [6, 6.07) is 0. The molecule has 0 spiro atoms. The third kappa shape index (κ3) is 20.0. The maximum Gasteiger partial charge on any atom is 0.0811 e. The molecule has 0 heterocycles. The van der Waals surface area contributed by atoms with E-state index in [9.17, 15) is 4.91 Å². The summed E-state index contributed by atoms with van der Waals surface area (Å²) in [5.41, 5.74) is 0. The van der Waals surface area contributed by atoms with Gasteiger partial charge in [-0.05, 0) is 6.42 Å². The quantitative estimate of drug-likeness (QED) is 0.251. The average Bonchev–Trinajstić information content (AvgIpc) is 2.39. The SMILES string of the molecule is CCCCCCCCCCCCCCCCN=O.F. The van der Waals surface area contributed by atoms with E-state index in [1.807, 2.05) is 0 Å². The maximum absolute atomic E-state index is 9.87. The zero-order valence-electron chi connectivity index (χ0n) is 12.9. The fourth-order valence-electron chi connectivity index (χ4n) is 2.37. The van der Waals surface area contributed by atoms with E-state index in [1.54, 1.807) is 0 Å². The number of nitrogens with zero attached hydrogens (tertiary/aromatic N) is 1. The zero-order chi connectivity index (χ0) is 13.3. The molecule has 0 fully saturated rings. The third-order valence-electron chi connectivity index (χ3n) is 3.60. The highest BCUT2D eigenvalue weighted by Gasteiger charge is 1.93. The first kappa shape index (κ1) is 20.8. The fraction of sp³-hybridized carbons (Fsp3) is 1.00. The molecule has 0 saturated carbocycles. The van der Waals surface area contributed by atoms with Crippen LogP contribution >= 0.6 is 0 Å². The van der Waals surface area contributed by atoms with Gasteiger partial charge in [-0.2, -0.15) is 4.91 Å². The van der Waals surface area contributed by atoms with Crippen molar-refractivity contribution in [2.45, 2.75) is 96.8 Å². The molecule has 0 N–H and O–H groups in total. The molecule has 0 saturated heterocycles. The molecule has 0 atom stereocenters. The Hall–Kier alpha value is -0.470. The highest BCUT2D eigenvalue weighted by molar-refractivity contribution is 4.50. The van der Waals surface area contributed by atoms with Crippen LogP contribution in [0.15, 0.2) is 5.18 Å². The summed E-state index contributed by atoms with van der Waals surface area (Å²) in [6.45, 7) is 2.79. The van der Waals surface area contributed by atoms with Crippen LogP contribution in [0.4, 0.5) is 4.70 Å². The highest BCUT2D eigenvalue weighted by atomic mass is 19.0. The van der Waals surface area contributed by atoms with Gasteiger partial charge in [-0.1, -0.05) is 95.6 Å². The predicted octanol–water partition coefficient (Wildman–Crippen LogP) is 6.39.